The summed E-state index contributed by atoms with van der Waals surface area (Å²) in [6, 6.07) is 14.3. The van der Waals surface area contributed by atoms with Gasteiger partial charge in [0.1, 0.15) is 23.9 Å². The third kappa shape index (κ3) is 6.30. The molecule has 8 nitrogen and oxygen atoms in total. The number of halogens is 1. The van der Waals surface area contributed by atoms with Crippen molar-refractivity contribution in [1.29, 1.82) is 0 Å². The van der Waals surface area contributed by atoms with Gasteiger partial charge in [-0.25, -0.2) is 19.0 Å². The molecule has 1 heterocycles. The van der Waals surface area contributed by atoms with Crippen LogP contribution in [0, 0.1) is 5.82 Å². The molecule has 0 aliphatic rings. The van der Waals surface area contributed by atoms with E-state index in [4.69, 9.17) is 14.2 Å². The molecule has 1 N–H and O–H groups in total. The first-order valence-electron chi connectivity index (χ1n) is 9.44. The van der Waals surface area contributed by atoms with Crippen LogP contribution in [0.15, 0.2) is 54.6 Å². The quantitative estimate of drug-likeness (QED) is 0.430. The van der Waals surface area contributed by atoms with Gasteiger partial charge in [0.25, 0.3) is 0 Å². The number of nitrogens with one attached hydrogen (secondary N) is 1. The first-order valence-corrected chi connectivity index (χ1v) is 9.44. The minimum absolute atomic E-state index is 0.000188. The van der Waals surface area contributed by atoms with Gasteiger partial charge in [0, 0.05) is 11.5 Å². The number of benzene rings is 2. The number of esters is 1. The van der Waals surface area contributed by atoms with Crippen LogP contribution in [0.3, 0.4) is 0 Å². The molecule has 9 heteroatoms. The molecule has 1 atom stereocenters. The summed E-state index contributed by atoms with van der Waals surface area (Å²) in [5, 5.41) is 3.08. The summed E-state index contributed by atoms with van der Waals surface area (Å²) in [5.74, 6) is 0.445. The second-order valence-electron chi connectivity index (χ2n) is 6.41. The third-order valence-electron chi connectivity index (χ3n) is 4.12. The van der Waals surface area contributed by atoms with Gasteiger partial charge in [-0.2, -0.15) is 0 Å². The molecule has 0 aliphatic carbocycles. The second-order valence-corrected chi connectivity index (χ2v) is 6.41. The van der Waals surface area contributed by atoms with Crippen molar-refractivity contribution in [1.82, 2.24) is 10.3 Å². The van der Waals surface area contributed by atoms with Gasteiger partial charge >= 0.3 is 12.1 Å². The summed E-state index contributed by atoms with van der Waals surface area (Å²) in [6.45, 7) is 1.69. The highest BCUT2D eigenvalue weighted by atomic mass is 19.1. The average Bonchev–Trinajstić information content (AvgIpc) is 2.77. The van der Waals surface area contributed by atoms with Crippen molar-refractivity contribution >= 4 is 23.0 Å². The van der Waals surface area contributed by atoms with E-state index in [0.717, 1.165) is 0 Å². The fraction of sp³-hybridized carbons (Fsp3) is 0.227. The van der Waals surface area contributed by atoms with E-state index < -0.39 is 18.2 Å². The molecule has 2 aromatic carbocycles. The lowest BCUT2D eigenvalue weighted by molar-refractivity contribution is -0.150. The fourth-order valence-corrected chi connectivity index (χ4v) is 2.59. The molecule has 1 amide bonds. The van der Waals surface area contributed by atoms with Crippen LogP contribution in [0.1, 0.15) is 6.92 Å². The van der Waals surface area contributed by atoms with Crippen molar-refractivity contribution in [2.45, 2.75) is 13.0 Å². The molecule has 0 radical (unpaired) electrons. The van der Waals surface area contributed by atoms with Gasteiger partial charge in [0.2, 0.25) is 5.88 Å². The number of carbonyl (C=O) groups is 2. The molecule has 3 aromatic rings. The third-order valence-corrected chi connectivity index (χ3v) is 4.12. The normalized spacial score (nSPS) is 11.5. The summed E-state index contributed by atoms with van der Waals surface area (Å²) in [6.07, 6.45) is -1.44. The van der Waals surface area contributed by atoms with E-state index >= 15 is 0 Å². The van der Waals surface area contributed by atoms with Crippen LogP contribution in [0.5, 0.6) is 17.4 Å². The smallest absolute Gasteiger partial charge is 0.406 e. The number of alkyl carbamates (subject to hydrolysis) is 1. The molecule has 0 aliphatic heterocycles. The number of hydrogen-bond acceptors (Lipinski definition) is 7. The number of pyridine rings is 1. The van der Waals surface area contributed by atoms with Crippen LogP contribution in [0.2, 0.25) is 0 Å². The molecular formula is C22H21FN2O6. The van der Waals surface area contributed by atoms with Crippen LogP contribution in [-0.2, 0) is 14.3 Å². The Labute approximate surface area is 177 Å². The monoisotopic (exact) mass is 428 g/mol. The Morgan fingerprint density at radius 1 is 1.06 bits per heavy atom. The van der Waals surface area contributed by atoms with Crippen molar-refractivity contribution in [2.24, 2.45) is 0 Å². The number of amides is 1. The predicted molar refractivity (Wildman–Crippen MR) is 110 cm³/mol. The minimum Gasteiger partial charge on any atom is -0.479 e. The standard InChI is InChI=1S/C22H21FN2O6/c1-14(21(26)29-12-11-24-22(27)28-2)30-17-5-7-18(8-6-17)31-20-10-3-15-13-16(23)4-9-19(15)25-20/h3-10,13-14H,11-12H2,1-2H3,(H,24,27). The summed E-state index contributed by atoms with van der Waals surface area (Å²) in [4.78, 5) is 27.2. The molecule has 1 unspecified atom stereocenters. The zero-order chi connectivity index (χ0) is 22.2. The Balaban J connectivity index is 1.51. The maximum atomic E-state index is 13.3. The maximum absolute atomic E-state index is 13.3. The number of rotatable bonds is 8. The molecule has 0 saturated heterocycles. The highest BCUT2D eigenvalue weighted by molar-refractivity contribution is 5.79. The second kappa shape index (κ2) is 10.2. The van der Waals surface area contributed by atoms with E-state index in [2.05, 4.69) is 15.0 Å². The highest BCUT2D eigenvalue weighted by Crippen LogP contribution is 2.25. The molecular weight excluding hydrogens is 407 g/mol. The molecule has 0 spiro atoms. The van der Waals surface area contributed by atoms with Gasteiger partial charge < -0.3 is 24.3 Å². The topological polar surface area (TPSA) is 96.0 Å². The van der Waals surface area contributed by atoms with E-state index in [1.807, 2.05) is 0 Å². The van der Waals surface area contributed by atoms with Crippen LogP contribution in [0.4, 0.5) is 9.18 Å². The number of methoxy groups -OCH3 is 1. The van der Waals surface area contributed by atoms with Crippen LogP contribution in [0.25, 0.3) is 10.9 Å². The van der Waals surface area contributed by atoms with E-state index in [0.29, 0.717) is 28.3 Å². The Morgan fingerprint density at radius 3 is 2.55 bits per heavy atom. The molecule has 0 bridgehead atoms. The summed E-state index contributed by atoms with van der Waals surface area (Å²) in [5.41, 5.74) is 0.618. The first kappa shape index (κ1) is 21.8. The number of carbonyl (C=O) groups excluding carboxylic acids is 2. The van der Waals surface area contributed by atoms with E-state index in [-0.39, 0.29) is 19.0 Å². The number of fused-ring (bicyclic) bond motifs is 1. The molecule has 162 valence electrons. The number of hydrogen-bond donors (Lipinski definition) is 1. The van der Waals surface area contributed by atoms with Gasteiger partial charge in [-0.3, -0.25) is 0 Å². The van der Waals surface area contributed by atoms with Crippen molar-refractivity contribution in [3.8, 4) is 17.4 Å². The van der Waals surface area contributed by atoms with E-state index in [1.54, 1.807) is 49.4 Å². The summed E-state index contributed by atoms with van der Waals surface area (Å²) < 4.78 is 34.0. The van der Waals surface area contributed by atoms with Gasteiger partial charge in [0.05, 0.1) is 19.2 Å². The molecule has 3 rings (SSSR count). The lowest BCUT2D eigenvalue weighted by Gasteiger charge is -2.14. The minimum atomic E-state index is -0.840. The number of aromatic nitrogens is 1. The van der Waals surface area contributed by atoms with E-state index in [9.17, 15) is 14.0 Å². The lowest BCUT2D eigenvalue weighted by Crippen LogP contribution is -2.31. The molecule has 0 fully saturated rings. The maximum Gasteiger partial charge on any atom is 0.406 e. The van der Waals surface area contributed by atoms with Gasteiger partial charge in [-0.15, -0.1) is 0 Å². The van der Waals surface area contributed by atoms with Crippen LogP contribution < -0.4 is 14.8 Å². The van der Waals surface area contributed by atoms with Gasteiger partial charge in [0.15, 0.2) is 6.10 Å². The average molecular weight is 428 g/mol. The highest BCUT2D eigenvalue weighted by Gasteiger charge is 2.16. The predicted octanol–water partition coefficient (Wildman–Crippen LogP) is 3.83. The lowest BCUT2D eigenvalue weighted by atomic mass is 10.2. The SMILES string of the molecule is COC(=O)NCCOC(=O)C(C)Oc1ccc(Oc2ccc3cc(F)ccc3n2)cc1. The number of ether oxygens (including phenoxy) is 4. The van der Waals surface area contributed by atoms with Crippen LogP contribution >= 0.6 is 0 Å². The Hall–Kier alpha value is -3.88. The molecule has 1 aromatic heterocycles. The Bertz CT molecular complexity index is 1060. The van der Waals surface area contributed by atoms with Crippen molar-refractivity contribution in [3.63, 3.8) is 0 Å². The van der Waals surface area contributed by atoms with Crippen molar-refractivity contribution in [3.05, 3.63) is 60.4 Å². The van der Waals surface area contributed by atoms with Crippen molar-refractivity contribution < 1.29 is 32.9 Å². The zero-order valence-electron chi connectivity index (χ0n) is 17.0. The zero-order valence-corrected chi connectivity index (χ0v) is 17.0. The molecule has 0 saturated carbocycles. The first-order chi connectivity index (χ1) is 14.9. The number of nitrogens with zero attached hydrogens (tertiary/aromatic N) is 1. The Morgan fingerprint density at radius 2 is 1.81 bits per heavy atom. The van der Waals surface area contributed by atoms with Gasteiger partial charge in [-0.1, -0.05) is 0 Å². The molecule has 31 heavy (non-hydrogen) atoms. The van der Waals surface area contributed by atoms with E-state index in [1.165, 1.54) is 19.2 Å². The van der Waals surface area contributed by atoms with Crippen LogP contribution in [-0.4, -0.2) is 43.4 Å². The fourth-order valence-electron chi connectivity index (χ4n) is 2.59. The Kier molecular flexibility index (Phi) is 7.21. The van der Waals surface area contributed by atoms with Gasteiger partial charge in [-0.05, 0) is 55.5 Å². The van der Waals surface area contributed by atoms with Crippen molar-refractivity contribution in [2.75, 3.05) is 20.3 Å². The largest absolute Gasteiger partial charge is 0.479 e. The summed E-state index contributed by atoms with van der Waals surface area (Å²) >= 11 is 0. The summed E-state index contributed by atoms with van der Waals surface area (Å²) in [7, 11) is 1.24.